The molecule has 14 heavy (non-hydrogen) atoms. The lowest BCUT2D eigenvalue weighted by molar-refractivity contribution is 0.363. The summed E-state index contributed by atoms with van der Waals surface area (Å²) in [5, 5.41) is 3.67. The SMILES string of the molecule is c1cc([C@H]2C[C@H]3CC[C@@H](C2)N3)ccn1. The number of fused-ring (bicyclic) bond motifs is 2. The van der Waals surface area contributed by atoms with Crippen molar-refractivity contribution in [2.45, 2.75) is 43.7 Å². The van der Waals surface area contributed by atoms with Crippen molar-refractivity contribution < 1.29 is 0 Å². The van der Waals surface area contributed by atoms with Crippen LogP contribution in [-0.2, 0) is 0 Å². The summed E-state index contributed by atoms with van der Waals surface area (Å²) in [6, 6.07) is 5.92. The molecule has 1 aromatic heterocycles. The van der Waals surface area contributed by atoms with E-state index < -0.39 is 0 Å². The van der Waals surface area contributed by atoms with Gasteiger partial charge in [0.1, 0.15) is 0 Å². The number of hydrogen-bond acceptors (Lipinski definition) is 2. The van der Waals surface area contributed by atoms with Gasteiger partial charge in [-0.2, -0.15) is 0 Å². The maximum atomic E-state index is 4.08. The van der Waals surface area contributed by atoms with Crippen LogP contribution in [0.25, 0.3) is 0 Å². The van der Waals surface area contributed by atoms with Gasteiger partial charge in [0.25, 0.3) is 0 Å². The summed E-state index contributed by atoms with van der Waals surface area (Å²) in [7, 11) is 0. The van der Waals surface area contributed by atoms with Crippen LogP contribution in [0.3, 0.4) is 0 Å². The number of piperidine rings is 1. The Kier molecular flexibility index (Phi) is 2.02. The van der Waals surface area contributed by atoms with Crippen LogP contribution < -0.4 is 5.32 Å². The molecule has 0 radical (unpaired) electrons. The van der Waals surface area contributed by atoms with Crippen LogP contribution in [0.1, 0.15) is 37.2 Å². The minimum absolute atomic E-state index is 0.775. The third-order valence-electron chi connectivity index (χ3n) is 3.65. The van der Waals surface area contributed by atoms with Gasteiger partial charge in [-0.15, -0.1) is 0 Å². The first-order valence-corrected chi connectivity index (χ1v) is 5.58. The van der Waals surface area contributed by atoms with Gasteiger partial charge in [0.05, 0.1) is 0 Å². The van der Waals surface area contributed by atoms with E-state index in [4.69, 9.17) is 0 Å². The molecule has 2 bridgehead atoms. The molecular weight excluding hydrogens is 172 g/mol. The summed E-state index contributed by atoms with van der Waals surface area (Å²) >= 11 is 0. The van der Waals surface area contributed by atoms with Crippen molar-refractivity contribution in [2.75, 3.05) is 0 Å². The zero-order valence-electron chi connectivity index (χ0n) is 8.32. The predicted octanol–water partition coefficient (Wildman–Crippen LogP) is 2.08. The second kappa shape index (κ2) is 3.35. The third kappa shape index (κ3) is 1.44. The molecule has 0 aliphatic carbocycles. The van der Waals surface area contributed by atoms with Gasteiger partial charge in [-0.25, -0.2) is 0 Å². The number of aromatic nitrogens is 1. The molecule has 1 N–H and O–H groups in total. The quantitative estimate of drug-likeness (QED) is 0.730. The standard InChI is InChI=1S/C12H16N2/c1-2-12-8-10(7-11(1)14-12)9-3-5-13-6-4-9/h3-6,10-12,14H,1-2,7-8H2/t10-,11+,12-. The highest BCUT2D eigenvalue weighted by Gasteiger charge is 2.33. The Hall–Kier alpha value is -0.890. The zero-order chi connectivity index (χ0) is 9.38. The van der Waals surface area contributed by atoms with E-state index in [1.165, 1.54) is 31.2 Å². The average Bonchev–Trinajstić information content (AvgIpc) is 2.59. The predicted molar refractivity (Wildman–Crippen MR) is 56.2 cm³/mol. The highest BCUT2D eigenvalue weighted by Crippen LogP contribution is 2.36. The average molecular weight is 188 g/mol. The largest absolute Gasteiger partial charge is 0.311 e. The Balaban J connectivity index is 1.81. The van der Waals surface area contributed by atoms with Gasteiger partial charge in [0.2, 0.25) is 0 Å². The molecule has 2 fully saturated rings. The molecule has 3 rings (SSSR count). The lowest BCUT2D eigenvalue weighted by Gasteiger charge is -2.29. The van der Waals surface area contributed by atoms with Crippen molar-refractivity contribution in [1.29, 1.82) is 0 Å². The Morgan fingerprint density at radius 2 is 1.71 bits per heavy atom. The lowest BCUT2D eigenvalue weighted by Crippen LogP contribution is -2.37. The van der Waals surface area contributed by atoms with E-state index in [1.807, 2.05) is 12.4 Å². The van der Waals surface area contributed by atoms with Crippen molar-refractivity contribution in [1.82, 2.24) is 10.3 Å². The van der Waals surface area contributed by atoms with Crippen molar-refractivity contribution in [3.63, 3.8) is 0 Å². The summed E-state index contributed by atoms with van der Waals surface area (Å²) in [5.41, 5.74) is 1.48. The van der Waals surface area contributed by atoms with E-state index in [0.29, 0.717) is 0 Å². The van der Waals surface area contributed by atoms with Gasteiger partial charge in [-0.05, 0) is 49.3 Å². The van der Waals surface area contributed by atoms with Gasteiger partial charge >= 0.3 is 0 Å². The van der Waals surface area contributed by atoms with E-state index in [0.717, 1.165) is 18.0 Å². The molecule has 2 aliphatic heterocycles. The number of rotatable bonds is 1. The van der Waals surface area contributed by atoms with Crippen LogP contribution >= 0.6 is 0 Å². The fourth-order valence-corrected chi connectivity index (χ4v) is 2.97. The first kappa shape index (κ1) is 8.42. The van der Waals surface area contributed by atoms with Gasteiger partial charge in [-0.3, -0.25) is 4.98 Å². The fourth-order valence-electron chi connectivity index (χ4n) is 2.97. The van der Waals surface area contributed by atoms with E-state index in [2.05, 4.69) is 22.4 Å². The normalized spacial score (nSPS) is 35.9. The van der Waals surface area contributed by atoms with Crippen molar-refractivity contribution in [3.8, 4) is 0 Å². The molecule has 0 aromatic carbocycles. The molecular formula is C12H16N2. The Labute approximate surface area is 84.7 Å². The first-order valence-electron chi connectivity index (χ1n) is 5.58. The molecule has 2 heteroatoms. The number of pyridine rings is 1. The molecule has 2 saturated heterocycles. The summed E-state index contributed by atoms with van der Waals surface area (Å²) in [6.07, 6.45) is 9.23. The lowest BCUT2D eigenvalue weighted by atomic mass is 9.87. The van der Waals surface area contributed by atoms with Gasteiger partial charge in [0, 0.05) is 24.5 Å². The summed E-state index contributed by atoms with van der Waals surface area (Å²) in [6.45, 7) is 0. The van der Waals surface area contributed by atoms with Gasteiger partial charge < -0.3 is 5.32 Å². The van der Waals surface area contributed by atoms with Gasteiger partial charge in [-0.1, -0.05) is 0 Å². The third-order valence-corrected chi connectivity index (χ3v) is 3.65. The molecule has 0 spiro atoms. The van der Waals surface area contributed by atoms with E-state index in [-0.39, 0.29) is 0 Å². The maximum absolute atomic E-state index is 4.08. The first-order chi connectivity index (χ1) is 6.92. The molecule has 1 aromatic rings. The molecule has 0 unspecified atom stereocenters. The highest BCUT2D eigenvalue weighted by atomic mass is 15.0. The minimum atomic E-state index is 0.775. The Morgan fingerprint density at radius 1 is 1.07 bits per heavy atom. The summed E-state index contributed by atoms with van der Waals surface area (Å²) < 4.78 is 0. The van der Waals surface area contributed by atoms with Crippen LogP contribution in [0, 0.1) is 0 Å². The summed E-state index contributed by atoms with van der Waals surface area (Å²) in [4.78, 5) is 4.08. The van der Waals surface area contributed by atoms with E-state index >= 15 is 0 Å². The van der Waals surface area contributed by atoms with Gasteiger partial charge in [0.15, 0.2) is 0 Å². The Morgan fingerprint density at radius 3 is 2.36 bits per heavy atom. The van der Waals surface area contributed by atoms with Crippen LogP contribution in [0.2, 0.25) is 0 Å². The zero-order valence-corrected chi connectivity index (χ0v) is 8.32. The molecule has 0 saturated carbocycles. The molecule has 74 valence electrons. The topological polar surface area (TPSA) is 24.9 Å². The van der Waals surface area contributed by atoms with Crippen molar-refractivity contribution >= 4 is 0 Å². The van der Waals surface area contributed by atoms with E-state index in [9.17, 15) is 0 Å². The molecule has 3 atom stereocenters. The van der Waals surface area contributed by atoms with E-state index in [1.54, 1.807) is 0 Å². The van der Waals surface area contributed by atoms with Crippen molar-refractivity contribution in [2.24, 2.45) is 0 Å². The van der Waals surface area contributed by atoms with Crippen LogP contribution in [-0.4, -0.2) is 17.1 Å². The fraction of sp³-hybridized carbons (Fsp3) is 0.583. The van der Waals surface area contributed by atoms with Crippen LogP contribution in [0.5, 0.6) is 0 Å². The smallest absolute Gasteiger partial charge is 0.0270 e. The van der Waals surface area contributed by atoms with Crippen molar-refractivity contribution in [3.05, 3.63) is 30.1 Å². The van der Waals surface area contributed by atoms with Crippen LogP contribution in [0.15, 0.2) is 24.5 Å². The summed E-state index contributed by atoms with van der Waals surface area (Å²) in [5.74, 6) is 0.775. The number of nitrogens with one attached hydrogen (secondary N) is 1. The van der Waals surface area contributed by atoms with Crippen LogP contribution in [0.4, 0.5) is 0 Å². The molecule has 2 nitrogen and oxygen atoms in total. The second-order valence-corrected chi connectivity index (χ2v) is 4.59. The number of hydrogen-bond donors (Lipinski definition) is 1. The highest BCUT2D eigenvalue weighted by molar-refractivity contribution is 5.18. The Bertz CT molecular complexity index is 297. The maximum Gasteiger partial charge on any atom is 0.0270 e. The minimum Gasteiger partial charge on any atom is -0.311 e. The number of nitrogens with zero attached hydrogens (tertiary/aromatic N) is 1. The molecule has 3 heterocycles. The monoisotopic (exact) mass is 188 g/mol. The second-order valence-electron chi connectivity index (χ2n) is 4.59. The molecule has 2 aliphatic rings. The molecule has 0 amide bonds.